The fourth-order valence-electron chi connectivity index (χ4n) is 1.66. The topological polar surface area (TPSA) is 33.4 Å². The van der Waals surface area contributed by atoms with Crippen molar-refractivity contribution in [2.75, 3.05) is 0 Å². The lowest BCUT2D eigenvalue weighted by molar-refractivity contribution is 0.169. The van der Waals surface area contributed by atoms with E-state index in [0.717, 1.165) is 21.4 Å². The molecule has 2 nitrogen and oxygen atoms in total. The van der Waals surface area contributed by atoms with E-state index in [1.807, 2.05) is 37.3 Å². The van der Waals surface area contributed by atoms with Gasteiger partial charge >= 0.3 is 0 Å². The van der Waals surface area contributed by atoms with Gasteiger partial charge < -0.3 is 9.52 Å². The molecule has 84 valence electrons. The van der Waals surface area contributed by atoms with Crippen molar-refractivity contribution in [3.8, 4) is 0 Å². The highest BCUT2D eigenvalue weighted by Gasteiger charge is 2.14. The van der Waals surface area contributed by atoms with Gasteiger partial charge in [0.15, 0.2) is 0 Å². The second kappa shape index (κ2) is 4.85. The summed E-state index contributed by atoms with van der Waals surface area (Å²) in [6, 6.07) is 9.57. The van der Waals surface area contributed by atoms with Crippen molar-refractivity contribution in [3.63, 3.8) is 0 Å². The van der Waals surface area contributed by atoms with Crippen LogP contribution in [0.25, 0.3) is 0 Å². The lowest BCUT2D eigenvalue weighted by Crippen LogP contribution is -2.02. The highest BCUT2D eigenvalue weighted by atomic mass is 79.9. The summed E-state index contributed by atoms with van der Waals surface area (Å²) in [5.74, 6) is 0.793. The lowest BCUT2D eigenvalue weighted by atomic mass is 10.0. The Morgan fingerprint density at radius 3 is 2.81 bits per heavy atom. The molecule has 0 fully saturated rings. The number of halogens is 1. The smallest absolute Gasteiger partial charge is 0.106 e. The maximum atomic E-state index is 10.1. The molecule has 0 radical (unpaired) electrons. The molecule has 1 aromatic carbocycles. The summed E-state index contributed by atoms with van der Waals surface area (Å²) >= 11 is 3.49. The van der Waals surface area contributed by atoms with E-state index < -0.39 is 6.10 Å². The minimum atomic E-state index is -0.541. The highest BCUT2D eigenvalue weighted by molar-refractivity contribution is 9.10. The molecule has 1 unspecified atom stereocenters. The number of aliphatic hydroxyl groups excluding tert-OH is 1. The summed E-state index contributed by atoms with van der Waals surface area (Å²) in [6.07, 6.45) is 1.57. The quantitative estimate of drug-likeness (QED) is 0.932. The summed E-state index contributed by atoms with van der Waals surface area (Å²) in [7, 11) is 0. The largest absolute Gasteiger partial charge is 0.469 e. The van der Waals surface area contributed by atoms with E-state index >= 15 is 0 Å². The van der Waals surface area contributed by atoms with Gasteiger partial charge in [0, 0.05) is 10.9 Å². The summed E-state index contributed by atoms with van der Waals surface area (Å²) in [4.78, 5) is 0. The number of rotatable bonds is 3. The molecule has 0 saturated carbocycles. The molecule has 1 heterocycles. The molecule has 0 saturated heterocycles. The Morgan fingerprint density at radius 1 is 1.31 bits per heavy atom. The average Bonchev–Trinajstić information content (AvgIpc) is 2.74. The fraction of sp³-hybridized carbons (Fsp3) is 0.231. The number of hydrogen-bond acceptors (Lipinski definition) is 2. The second-order valence-corrected chi connectivity index (χ2v) is 4.57. The van der Waals surface area contributed by atoms with Crippen molar-refractivity contribution in [2.45, 2.75) is 19.4 Å². The van der Waals surface area contributed by atoms with Crippen LogP contribution in [0.2, 0.25) is 0 Å². The van der Waals surface area contributed by atoms with Crippen molar-refractivity contribution in [3.05, 3.63) is 58.0 Å². The molecule has 0 bridgehead atoms. The van der Waals surface area contributed by atoms with Crippen LogP contribution >= 0.6 is 15.9 Å². The normalized spacial score (nSPS) is 12.7. The minimum absolute atomic E-state index is 0.495. The SMILES string of the molecule is Cc1cccc(C(O)Cc2ccco2)c1Br. The third-order valence-electron chi connectivity index (χ3n) is 2.56. The maximum absolute atomic E-state index is 10.1. The van der Waals surface area contributed by atoms with Gasteiger partial charge in [0.1, 0.15) is 5.76 Å². The van der Waals surface area contributed by atoms with E-state index in [1.54, 1.807) is 6.26 Å². The molecule has 0 aliphatic heterocycles. The molecule has 2 rings (SSSR count). The van der Waals surface area contributed by atoms with Crippen LogP contribution in [0.3, 0.4) is 0 Å². The Labute approximate surface area is 103 Å². The van der Waals surface area contributed by atoms with Crippen molar-refractivity contribution in [2.24, 2.45) is 0 Å². The van der Waals surface area contributed by atoms with E-state index in [4.69, 9.17) is 4.42 Å². The molecule has 16 heavy (non-hydrogen) atoms. The summed E-state index contributed by atoms with van der Waals surface area (Å²) in [5.41, 5.74) is 2.02. The molecule has 0 aliphatic carbocycles. The van der Waals surface area contributed by atoms with Crippen molar-refractivity contribution in [1.29, 1.82) is 0 Å². The van der Waals surface area contributed by atoms with E-state index in [1.165, 1.54) is 0 Å². The second-order valence-electron chi connectivity index (χ2n) is 3.78. The predicted octanol–water partition coefficient (Wildman–Crippen LogP) is 3.63. The Balaban J connectivity index is 2.21. The van der Waals surface area contributed by atoms with Gasteiger partial charge in [0.25, 0.3) is 0 Å². The molecule has 1 aromatic heterocycles. The molecule has 0 aliphatic rings. The Bertz CT molecular complexity index is 463. The van der Waals surface area contributed by atoms with Crippen molar-refractivity contribution in [1.82, 2.24) is 0 Å². The number of aliphatic hydroxyl groups is 1. The standard InChI is InChI=1S/C13H13BrO2/c1-9-4-2-6-11(13(9)14)12(15)8-10-5-3-7-16-10/h2-7,12,15H,8H2,1H3. The summed E-state index contributed by atoms with van der Waals surface area (Å²) < 4.78 is 6.19. The Hall–Kier alpha value is -1.06. The van der Waals surface area contributed by atoms with Gasteiger partial charge in [-0.15, -0.1) is 0 Å². The summed E-state index contributed by atoms with van der Waals surface area (Å²) in [6.45, 7) is 2.01. The summed E-state index contributed by atoms with van der Waals surface area (Å²) in [5, 5.41) is 10.1. The van der Waals surface area contributed by atoms with Gasteiger partial charge in [-0.1, -0.05) is 34.1 Å². The molecular formula is C13H13BrO2. The van der Waals surface area contributed by atoms with Gasteiger partial charge in [-0.05, 0) is 30.2 Å². The fourth-order valence-corrected chi connectivity index (χ4v) is 2.19. The predicted molar refractivity (Wildman–Crippen MR) is 66.3 cm³/mol. The molecule has 0 spiro atoms. The third kappa shape index (κ3) is 2.36. The van der Waals surface area contributed by atoms with E-state index in [-0.39, 0.29) is 0 Å². The molecule has 3 heteroatoms. The number of hydrogen-bond donors (Lipinski definition) is 1. The first-order valence-corrected chi connectivity index (χ1v) is 5.93. The Morgan fingerprint density at radius 2 is 2.12 bits per heavy atom. The van der Waals surface area contributed by atoms with Crippen LogP contribution in [0.1, 0.15) is 23.0 Å². The van der Waals surface area contributed by atoms with E-state index in [0.29, 0.717) is 6.42 Å². The van der Waals surface area contributed by atoms with Gasteiger partial charge in [-0.25, -0.2) is 0 Å². The average molecular weight is 281 g/mol. The number of benzene rings is 1. The molecule has 1 atom stereocenters. The van der Waals surface area contributed by atoms with Crippen LogP contribution in [0.15, 0.2) is 45.5 Å². The first-order chi connectivity index (χ1) is 7.68. The minimum Gasteiger partial charge on any atom is -0.469 e. The van der Waals surface area contributed by atoms with Crippen molar-refractivity contribution < 1.29 is 9.52 Å². The van der Waals surface area contributed by atoms with E-state index in [9.17, 15) is 5.11 Å². The first kappa shape index (κ1) is 11.4. The third-order valence-corrected chi connectivity index (χ3v) is 3.64. The maximum Gasteiger partial charge on any atom is 0.106 e. The van der Waals surface area contributed by atoms with Gasteiger partial charge in [0.2, 0.25) is 0 Å². The van der Waals surface area contributed by atoms with E-state index in [2.05, 4.69) is 15.9 Å². The zero-order valence-corrected chi connectivity index (χ0v) is 10.6. The lowest BCUT2D eigenvalue weighted by Gasteiger charge is -2.12. The van der Waals surface area contributed by atoms with Crippen LogP contribution in [0.5, 0.6) is 0 Å². The highest BCUT2D eigenvalue weighted by Crippen LogP contribution is 2.28. The van der Waals surface area contributed by atoms with Gasteiger partial charge in [-0.3, -0.25) is 0 Å². The van der Waals surface area contributed by atoms with Crippen molar-refractivity contribution >= 4 is 15.9 Å². The zero-order chi connectivity index (χ0) is 11.5. The molecule has 2 aromatic rings. The van der Waals surface area contributed by atoms with Gasteiger partial charge in [-0.2, -0.15) is 0 Å². The zero-order valence-electron chi connectivity index (χ0n) is 8.98. The van der Waals surface area contributed by atoms with Crippen LogP contribution < -0.4 is 0 Å². The number of aryl methyl sites for hydroxylation is 1. The molecule has 1 N–H and O–H groups in total. The molecule has 0 amide bonds. The Kier molecular flexibility index (Phi) is 3.46. The molecular weight excluding hydrogens is 268 g/mol. The van der Waals surface area contributed by atoms with Crippen LogP contribution in [-0.2, 0) is 6.42 Å². The first-order valence-electron chi connectivity index (χ1n) is 5.14. The van der Waals surface area contributed by atoms with Crippen LogP contribution in [0.4, 0.5) is 0 Å². The van der Waals surface area contributed by atoms with Crippen LogP contribution in [0, 0.1) is 6.92 Å². The monoisotopic (exact) mass is 280 g/mol. The van der Waals surface area contributed by atoms with Gasteiger partial charge in [0.05, 0.1) is 12.4 Å². The van der Waals surface area contributed by atoms with Crippen LogP contribution in [-0.4, -0.2) is 5.11 Å². The number of furan rings is 1.